The van der Waals surface area contributed by atoms with E-state index in [1.807, 2.05) is 45.0 Å². The number of carbonyl (C=O) groups is 1. The summed E-state index contributed by atoms with van der Waals surface area (Å²) in [5.41, 5.74) is 0.341. The summed E-state index contributed by atoms with van der Waals surface area (Å²) in [5.74, 6) is -0.105. The molecule has 0 saturated heterocycles. The van der Waals surface area contributed by atoms with Crippen LogP contribution in [0.15, 0.2) is 24.3 Å². The van der Waals surface area contributed by atoms with Crippen molar-refractivity contribution in [2.45, 2.75) is 33.3 Å². The molecule has 0 unspecified atom stereocenters. The molecule has 0 fully saturated rings. The lowest BCUT2D eigenvalue weighted by Gasteiger charge is -2.23. The quantitative estimate of drug-likeness (QED) is 0.805. The van der Waals surface area contributed by atoms with Gasteiger partial charge in [0.05, 0.1) is 12.1 Å². The Morgan fingerprint density at radius 1 is 1.20 bits per heavy atom. The molecule has 0 aliphatic heterocycles. The predicted octanol–water partition coefficient (Wildman–Crippen LogP) is 2.98. The number of esters is 1. The van der Waals surface area contributed by atoms with E-state index in [9.17, 15) is 4.79 Å². The molecule has 5 heteroatoms. The zero-order valence-corrected chi connectivity index (χ0v) is 12.1. The highest BCUT2D eigenvalue weighted by molar-refractivity contribution is 5.97. The van der Waals surface area contributed by atoms with Crippen LogP contribution in [0.2, 0.25) is 0 Å². The Morgan fingerprint density at radius 3 is 2.55 bits per heavy atom. The van der Waals surface area contributed by atoms with Crippen LogP contribution in [0, 0.1) is 0 Å². The minimum Gasteiger partial charge on any atom is -0.485 e. The van der Waals surface area contributed by atoms with Crippen LogP contribution in [0.25, 0.3) is 10.9 Å². The summed E-state index contributed by atoms with van der Waals surface area (Å²) < 4.78 is 10.9. The molecule has 0 aliphatic carbocycles. The van der Waals surface area contributed by atoms with E-state index in [1.165, 1.54) is 0 Å². The van der Waals surface area contributed by atoms with Crippen LogP contribution in [-0.2, 0) is 4.74 Å². The first kappa shape index (κ1) is 14.2. The Hall–Kier alpha value is -2.17. The molecule has 0 radical (unpaired) electrons. The van der Waals surface area contributed by atoms with Crippen LogP contribution in [0.5, 0.6) is 5.75 Å². The fourth-order valence-electron chi connectivity index (χ4n) is 1.77. The van der Waals surface area contributed by atoms with E-state index in [-0.39, 0.29) is 12.3 Å². The fraction of sp³-hybridized carbons (Fsp3) is 0.400. The molecular formula is C15H18N2O3. The molecule has 0 saturated carbocycles. The standard InChI is InChI=1S/C15H18N2O3/c1-5-19-14(18)12-13(20-15(2,3)4)10-8-6-7-9-11(10)16-17-12/h6-9H,5H2,1-4H3. The summed E-state index contributed by atoms with van der Waals surface area (Å²) >= 11 is 0. The van der Waals surface area contributed by atoms with Crippen molar-refractivity contribution in [2.75, 3.05) is 6.61 Å². The molecule has 0 N–H and O–H groups in total. The number of rotatable bonds is 3. The van der Waals surface area contributed by atoms with Crippen molar-refractivity contribution in [1.29, 1.82) is 0 Å². The van der Waals surface area contributed by atoms with Crippen LogP contribution in [0.3, 0.4) is 0 Å². The van der Waals surface area contributed by atoms with Gasteiger partial charge in [-0.25, -0.2) is 4.79 Å². The highest BCUT2D eigenvalue weighted by Gasteiger charge is 2.24. The number of fused-ring (bicyclic) bond motifs is 1. The van der Waals surface area contributed by atoms with Gasteiger partial charge in [0.25, 0.3) is 0 Å². The van der Waals surface area contributed by atoms with Crippen LogP contribution in [-0.4, -0.2) is 28.4 Å². The van der Waals surface area contributed by atoms with Crippen molar-refractivity contribution >= 4 is 16.9 Å². The first-order chi connectivity index (χ1) is 9.42. The monoisotopic (exact) mass is 274 g/mol. The van der Waals surface area contributed by atoms with E-state index in [1.54, 1.807) is 6.92 Å². The SMILES string of the molecule is CCOC(=O)c1nnc2ccccc2c1OC(C)(C)C. The van der Waals surface area contributed by atoms with E-state index in [0.29, 0.717) is 11.3 Å². The van der Waals surface area contributed by atoms with Gasteiger partial charge in [-0.05, 0) is 39.8 Å². The number of hydrogen-bond acceptors (Lipinski definition) is 5. The van der Waals surface area contributed by atoms with Crippen molar-refractivity contribution in [3.63, 3.8) is 0 Å². The molecule has 0 aliphatic rings. The number of carbonyl (C=O) groups excluding carboxylic acids is 1. The molecule has 0 spiro atoms. The van der Waals surface area contributed by atoms with Crippen LogP contribution in [0.4, 0.5) is 0 Å². The van der Waals surface area contributed by atoms with Gasteiger partial charge in [-0.15, -0.1) is 10.2 Å². The maximum atomic E-state index is 12.0. The summed E-state index contributed by atoms with van der Waals surface area (Å²) in [6.07, 6.45) is 0. The van der Waals surface area contributed by atoms with Crippen molar-refractivity contribution in [3.05, 3.63) is 30.0 Å². The minimum absolute atomic E-state index is 0.112. The van der Waals surface area contributed by atoms with Crippen LogP contribution >= 0.6 is 0 Å². The average Bonchev–Trinajstić information content (AvgIpc) is 2.37. The second kappa shape index (κ2) is 5.45. The third-order valence-electron chi connectivity index (χ3n) is 2.50. The van der Waals surface area contributed by atoms with Gasteiger partial charge in [-0.1, -0.05) is 12.1 Å². The fourth-order valence-corrected chi connectivity index (χ4v) is 1.77. The smallest absolute Gasteiger partial charge is 0.362 e. The van der Waals surface area contributed by atoms with Gasteiger partial charge in [0.1, 0.15) is 5.60 Å². The summed E-state index contributed by atoms with van der Waals surface area (Å²) in [5, 5.41) is 8.75. The van der Waals surface area contributed by atoms with Gasteiger partial charge in [0, 0.05) is 5.39 Å². The molecule has 0 atom stereocenters. The molecule has 0 bridgehead atoms. The van der Waals surface area contributed by atoms with E-state index in [2.05, 4.69) is 10.2 Å². The third kappa shape index (κ3) is 3.04. The number of nitrogens with zero attached hydrogens (tertiary/aromatic N) is 2. The van der Waals surface area contributed by atoms with Crippen molar-refractivity contribution in [3.8, 4) is 5.75 Å². The molecule has 20 heavy (non-hydrogen) atoms. The molecular weight excluding hydrogens is 256 g/mol. The lowest BCUT2D eigenvalue weighted by molar-refractivity contribution is 0.0504. The molecule has 1 aromatic carbocycles. The summed E-state index contributed by atoms with van der Waals surface area (Å²) in [4.78, 5) is 12.0. The third-order valence-corrected chi connectivity index (χ3v) is 2.50. The first-order valence-electron chi connectivity index (χ1n) is 6.54. The van der Waals surface area contributed by atoms with Gasteiger partial charge < -0.3 is 9.47 Å². The molecule has 2 rings (SSSR count). The largest absolute Gasteiger partial charge is 0.485 e. The van der Waals surface area contributed by atoms with E-state index in [0.717, 1.165) is 5.39 Å². The number of ether oxygens (including phenoxy) is 2. The van der Waals surface area contributed by atoms with Crippen LogP contribution in [0.1, 0.15) is 38.2 Å². The Bertz CT molecular complexity index is 633. The van der Waals surface area contributed by atoms with Crippen LogP contribution < -0.4 is 4.74 Å². The zero-order valence-electron chi connectivity index (χ0n) is 12.1. The van der Waals surface area contributed by atoms with Gasteiger partial charge in [-0.3, -0.25) is 0 Å². The second-order valence-corrected chi connectivity index (χ2v) is 5.33. The maximum Gasteiger partial charge on any atom is 0.362 e. The Kier molecular flexibility index (Phi) is 3.88. The van der Waals surface area contributed by atoms with E-state index < -0.39 is 11.6 Å². The summed E-state index contributed by atoms with van der Waals surface area (Å²) in [6, 6.07) is 7.41. The van der Waals surface area contributed by atoms with Gasteiger partial charge >= 0.3 is 5.97 Å². The van der Waals surface area contributed by atoms with E-state index in [4.69, 9.17) is 9.47 Å². The number of benzene rings is 1. The highest BCUT2D eigenvalue weighted by atomic mass is 16.5. The molecule has 0 amide bonds. The summed E-state index contributed by atoms with van der Waals surface area (Å²) in [6.45, 7) is 7.77. The van der Waals surface area contributed by atoms with Gasteiger partial charge in [0.15, 0.2) is 5.75 Å². The topological polar surface area (TPSA) is 61.3 Å². The lowest BCUT2D eigenvalue weighted by Crippen LogP contribution is -2.25. The van der Waals surface area contributed by atoms with Crippen molar-refractivity contribution in [1.82, 2.24) is 10.2 Å². The molecule has 1 aromatic heterocycles. The second-order valence-electron chi connectivity index (χ2n) is 5.33. The highest BCUT2D eigenvalue weighted by Crippen LogP contribution is 2.30. The van der Waals surface area contributed by atoms with Crippen molar-refractivity contribution in [2.24, 2.45) is 0 Å². The Morgan fingerprint density at radius 2 is 1.90 bits per heavy atom. The zero-order chi connectivity index (χ0) is 14.8. The predicted molar refractivity (Wildman–Crippen MR) is 75.9 cm³/mol. The average molecular weight is 274 g/mol. The first-order valence-corrected chi connectivity index (χ1v) is 6.54. The Balaban J connectivity index is 2.61. The molecule has 5 nitrogen and oxygen atoms in total. The molecule has 106 valence electrons. The molecule has 1 heterocycles. The normalized spacial score (nSPS) is 11.4. The lowest BCUT2D eigenvalue weighted by atomic mass is 10.1. The van der Waals surface area contributed by atoms with Gasteiger partial charge in [-0.2, -0.15) is 0 Å². The number of hydrogen-bond donors (Lipinski definition) is 0. The van der Waals surface area contributed by atoms with Crippen molar-refractivity contribution < 1.29 is 14.3 Å². The Labute approximate surface area is 117 Å². The van der Waals surface area contributed by atoms with Gasteiger partial charge in [0.2, 0.25) is 5.69 Å². The van der Waals surface area contributed by atoms with E-state index >= 15 is 0 Å². The maximum absolute atomic E-state index is 12.0. The number of aromatic nitrogens is 2. The summed E-state index contributed by atoms with van der Waals surface area (Å²) in [7, 11) is 0. The minimum atomic E-state index is -0.523. The molecule has 2 aromatic rings.